The van der Waals surface area contributed by atoms with Crippen molar-refractivity contribution in [2.75, 3.05) is 13.1 Å². The molecule has 1 aromatic rings. The van der Waals surface area contributed by atoms with Crippen molar-refractivity contribution in [2.24, 2.45) is 0 Å². The first kappa shape index (κ1) is 15.6. The largest absolute Gasteiger partial charge is 0.373 e. The van der Waals surface area contributed by atoms with Gasteiger partial charge in [0.05, 0.1) is 17.7 Å². The number of nitrogens with zero attached hydrogens (tertiary/aromatic N) is 1. The highest BCUT2D eigenvalue weighted by molar-refractivity contribution is 5.37. The summed E-state index contributed by atoms with van der Waals surface area (Å²) in [6.07, 6.45) is 6.96. The lowest BCUT2D eigenvalue weighted by Crippen LogP contribution is -2.57. The van der Waals surface area contributed by atoms with E-state index in [1.807, 2.05) is 6.07 Å². The number of benzene rings is 1. The maximum atomic E-state index is 5.93. The molecule has 2 unspecified atom stereocenters. The molecule has 22 heavy (non-hydrogen) atoms. The fraction of sp³-hybridized carbons (Fsp3) is 0.600. The predicted molar refractivity (Wildman–Crippen MR) is 90.7 cm³/mol. The van der Waals surface area contributed by atoms with Crippen molar-refractivity contribution >= 4 is 0 Å². The number of rotatable bonds is 1. The summed E-state index contributed by atoms with van der Waals surface area (Å²) in [6, 6.07) is 10.4. The minimum atomic E-state index is 0.0559. The van der Waals surface area contributed by atoms with Crippen LogP contribution in [0.5, 0.6) is 0 Å². The SMILES string of the molecule is CC1CN(C2(C#Cc3ccccc3)CCCCC2)CC(C)O1. The first-order valence-electron chi connectivity index (χ1n) is 8.67. The topological polar surface area (TPSA) is 12.5 Å². The Kier molecular flexibility index (Phi) is 4.86. The molecule has 0 aromatic heterocycles. The average molecular weight is 297 g/mol. The molecule has 2 nitrogen and oxygen atoms in total. The van der Waals surface area contributed by atoms with Crippen molar-refractivity contribution in [1.29, 1.82) is 0 Å². The van der Waals surface area contributed by atoms with Gasteiger partial charge in [-0.05, 0) is 38.8 Å². The van der Waals surface area contributed by atoms with Crippen LogP contribution in [0.15, 0.2) is 30.3 Å². The van der Waals surface area contributed by atoms with Crippen molar-refractivity contribution in [3.05, 3.63) is 35.9 Å². The second-order valence-corrected chi connectivity index (χ2v) is 6.87. The van der Waals surface area contributed by atoms with E-state index in [0.29, 0.717) is 12.2 Å². The molecule has 0 radical (unpaired) electrons. The molecule has 1 aromatic carbocycles. The minimum Gasteiger partial charge on any atom is -0.373 e. The van der Waals surface area contributed by atoms with Crippen LogP contribution in [0, 0.1) is 11.8 Å². The molecule has 2 fully saturated rings. The van der Waals surface area contributed by atoms with Crippen LogP contribution in [0.4, 0.5) is 0 Å². The number of ether oxygens (including phenoxy) is 1. The first-order chi connectivity index (χ1) is 10.7. The minimum absolute atomic E-state index is 0.0559. The highest BCUT2D eigenvalue weighted by atomic mass is 16.5. The van der Waals surface area contributed by atoms with E-state index in [4.69, 9.17) is 4.74 Å². The lowest BCUT2D eigenvalue weighted by atomic mass is 9.80. The highest BCUT2D eigenvalue weighted by Gasteiger charge is 2.39. The Morgan fingerprint density at radius 1 is 1.00 bits per heavy atom. The van der Waals surface area contributed by atoms with Gasteiger partial charge in [0.2, 0.25) is 0 Å². The molecular weight excluding hydrogens is 270 g/mol. The summed E-state index contributed by atoms with van der Waals surface area (Å²) in [5.41, 5.74) is 1.18. The molecule has 0 spiro atoms. The maximum absolute atomic E-state index is 5.93. The normalized spacial score (nSPS) is 28.6. The predicted octanol–water partition coefficient (Wildman–Crippen LogP) is 3.85. The van der Waals surface area contributed by atoms with Gasteiger partial charge in [0, 0.05) is 18.7 Å². The van der Waals surface area contributed by atoms with Crippen LogP contribution in [0.1, 0.15) is 51.5 Å². The molecule has 2 heteroatoms. The highest BCUT2D eigenvalue weighted by Crippen LogP contribution is 2.35. The molecule has 0 bridgehead atoms. The number of hydrogen-bond donors (Lipinski definition) is 0. The van der Waals surface area contributed by atoms with Gasteiger partial charge in [-0.3, -0.25) is 4.90 Å². The van der Waals surface area contributed by atoms with Crippen LogP contribution in [0.3, 0.4) is 0 Å². The van der Waals surface area contributed by atoms with Crippen molar-refractivity contribution < 1.29 is 4.74 Å². The zero-order valence-corrected chi connectivity index (χ0v) is 13.8. The standard InChI is InChI=1S/C20H27NO/c1-17-15-21(16-18(2)22-17)20(12-7-4-8-13-20)14-11-19-9-5-3-6-10-19/h3,5-6,9-10,17-18H,4,7-8,12-13,15-16H2,1-2H3. The second-order valence-electron chi connectivity index (χ2n) is 6.87. The summed E-state index contributed by atoms with van der Waals surface area (Å²) in [5.74, 6) is 7.13. The molecule has 1 aliphatic heterocycles. The van der Waals surface area contributed by atoms with Crippen molar-refractivity contribution in [3.63, 3.8) is 0 Å². The van der Waals surface area contributed by atoms with E-state index in [1.165, 1.54) is 32.1 Å². The molecule has 0 N–H and O–H groups in total. The van der Waals surface area contributed by atoms with E-state index >= 15 is 0 Å². The molecular formula is C20H27NO. The van der Waals surface area contributed by atoms with E-state index in [9.17, 15) is 0 Å². The molecule has 1 saturated heterocycles. The van der Waals surface area contributed by atoms with Gasteiger partial charge in [0.25, 0.3) is 0 Å². The lowest BCUT2D eigenvalue weighted by Gasteiger charge is -2.47. The Morgan fingerprint density at radius 2 is 1.64 bits per heavy atom. The van der Waals surface area contributed by atoms with Crippen LogP contribution >= 0.6 is 0 Å². The Morgan fingerprint density at radius 3 is 2.27 bits per heavy atom. The van der Waals surface area contributed by atoms with E-state index in [-0.39, 0.29) is 5.54 Å². The van der Waals surface area contributed by atoms with E-state index in [2.05, 4.69) is 54.9 Å². The van der Waals surface area contributed by atoms with Gasteiger partial charge in [0.1, 0.15) is 0 Å². The smallest absolute Gasteiger partial charge is 0.0831 e. The Bertz CT molecular complexity index is 526. The van der Waals surface area contributed by atoms with Gasteiger partial charge in [-0.25, -0.2) is 0 Å². The Balaban J connectivity index is 1.86. The van der Waals surface area contributed by atoms with Crippen LogP contribution in [-0.2, 0) is 4.74 Å². The molecule has 118 valence electrons. The molecule has 3 rings (SSSR count). The van der Waals surface area contributed by atoms with Crippen LogP contribution in [0.2, 0.25) is 0 Å². The third kappa shape index (κ3) is 3.54. The molecule has 1 heterocycles. The van der Waals surface area contributed by atoms with Gasteiger partial charge in [-0.15, -0.1) is 0 Å². The quantitative estimate of drug-likeness (QED) is 0.730. The zero-order valence-electron chi connectivity index (χ0n) is 13.8. The van der Waals surface area contributed by atoms with Crippen molar-refractivity contribution in [3.8, 4) is 11.8 Å². The zero-order chi connectivity index (χ0) is 15.4. The van der Waals surface area contributed by atoms with Gasteiger partial charge < -0.3 is 4.74 Å². The average Bonchev–Trinajstić information content (AvgIpc) is 2.54. The molecule has 2 atom stereocenters. The Hall–Kier alpha value is -1.30. The fourth-order valence-corrected chi connectivity index (χ4v) is 3.89. The summed E-state index contributed by atoms with van der Waals surface area (Å²) >= 11 is 0. The maximum Gasteiger partial charge on any atom is 0.0831 e. The van der Waals surface area contributed by atoms with E-state index in [1.54, 1.807) is 0 Å². The molecule has 1 saturated carbocycles. The summed E-state index contributed by atoms with van der Waals surface area (Å²) in [6.45, 7) is 6.38. The van der Waals surface area contributed by atoms with Crippen molar-refractivity contribution in [1.82, 2.24) is 4.90 Å². The van der Waals surface area contributed by atoms with E-state index < -0.39 is 0 Å². The van der Waals surface area contributed by atoms with Crippen LogP contribution < -0.4 is 0 Å². The van der Waals surface area contributed by atoms with E-state index in [0.717, 1.165) is 18.7 Å². The first-order valence-corrected chi connectivity index (χ1v) is 8.67. The second kappa shape index (κ2) is 6.86. The van der Waals surface area contributed by atoms with Crippen molar-refractivity contribution in [2.45, 2.75) is 63.7 Å². The summed E-state index contributed by atoms with van der Waals surface area (Å²) in [4.78, 5) is 2.61. The number of morpholine rings is 1. The molecule has 1 aliphatic carbocycles. The van der Waals surface area contributed by atoms with Gasteiger partial charge >= 0.3 is 0 Å². The Labute approximate surface area is 134 Å². The van der Waals surface area contributed by atoms with Gasteiger partial charge in [-0.1, -0.05) is 49.3 Å². The monoisotopic (exact) mass is 297 g/mol. The molecule has 0 amide bonds. The third-order valence-corrected chi connectivity index (χ3v) is 4.92. The summed E-state index contributed by atoms with van der Waals surface area (Å²) < 4.78 is 5.93. The van der Waals surface area contributed by atoms with Crippen LogP contribution in [0.25, 0.3) is 0 Å². The summed E-state index contributed by atoms with van der Waals surface area (Å²) in [7, 11) is 0. The summed E-state index contributed by atoms with van der Waals surface area (Å²) in [5, 5.41) is 0. The van der Waals surface area contributed by atoms with Gasteiger partial charge in [0.15, 0.2) is 0 Å². The fourth-order valence-electron chi connectivity index (χ4n) is 3.89. The third-order valence-electron chi connectivity index (χ3n) is 4.92. The number of hydrogen-bond acceptors (Lipinski definition) is 2. The van der Waals surface area contributed by atoms with Crippen LogP contribution in [-0.4, -0.2) is 35.7 Å². The van der Waals surface area contributed by atoms with Gasteiger partial charge in [-0.2, -0.15) is 0 Å². The molecule has 2 aliphatic rings. The lowest BCUT2D eigenvalue weighted by molar-refractivity contribution is -0.0968.